The zero-order chi connectivity index (χ0) is 13.0. The van der Waals surface area contributed by atoms with Crippen LogP contribution in [0.5, 0.6) is 0 Å². The van der Waals surface area contributed by atoms with Crippen LogP contribution in [0.25, 0.3) is 0 Å². The first-order valence-electron chi connectivity index (χ1n) is 6.24. The molecule has 4 nitrogen and oxygen atoms in total. The molecule has 1 N–H and O–H groups in total. The van der Waals surface area contributed by atoms with Gasteiger partial charge in [-0.05, 0) is 37.4 Å². The first-order chi connectivity index (χ1) is 8.53. The van der Waals surface area contributed by atoms with Gasteiger partial charge in [-0.2, -0.15) is 8.42 Å². The zero-order valence-electron chi connectivity index (χ0n) is 10.3. The Labute approximate surface area is 108 Å². The number of hydrogen-bond donors (Lipinski definition) is 1. The van der Waals surface area contributed by atoms with Gasteiger partial charge in [0.15, 0.2) is 0 Å². The monoisotopic (exact) mass is 269 g/mol. The summed E-state index contributed by atoms with van der Waals surface area (Å²) in [5, 5.41) is 0. The van der Waals surface area contributed by atoms with Crippen molar-refractivity contribution in [3.8, 4) is 0 Å². The maximum absolute atomic E-state index is 10.8. The number of rotatable bonds is 4. The van der Waals surface area contributed by atoms with E-state index in [1.165, 1.54) is 5.56 Å². The van der Waals surface area contributed by atoms with Gasteiger partial charge in [-0.25, -0.2) is 0 Å². The lowest BCUT2D eigenvalue weighted by atomic mass is 9.98. The molecule has 0 spiro atoms. The molecule has 1 aromatic rings. The minimum Gasteiger partial charge on any atom is -0.299 e. The summed E-state index contributed by atoms with van der Waals surface area (Å²) in [7, 11) is -3.82. The molecule has 0 radical (unpaired) electrons. The maximum atomic E-state index is 10.8. The van der Waals surface area contributed by atoms with Crippen molar-refractivity contribution in [1.29, 1.82) is 0 Å². The highest BCUT2D eigenvalue weighted by Gasteiger charge is 2.23. The van der Waals surface area contributed by atoms with Crippen LogP contribution in [-0.4, -0.2) is 36.7 Å². The van der Waals surface area contributed by atoms with Crippen molar-refractivity contribution in [1.82, 2.24) is 4.90 Å². The Hall–Kier alpha value is -0.910. The second kappa shape index (κ2) is 5.82. The van der Waals surface area contributed by atoms with Gasteiger partial charge in [-0.1, -0.05) is 30.3 Å². The van der Waals surface area contributed by atoms with Crippen LogP contribution in [0.3, 0.4) is 0 Å². The molecule has 2 rings (SSSR count). The van der Waals surface area contributed by atoms with Crippen molar-refractivity contribution in [3.05, 3.63) is 35.9 Å². The Balaban J connectivity index is 1.80. The van der Waals surface area contributed by atoms with Gasteiger partial charge in [-0.15, -0.1) is 0 Å². The molecule has 18 heavy (non-hydrogen) atoms. The van der Waals surface area contributed by atoms with E-state index < -0.39 is 10.1 Å². The van der Waals surface area contributed by atoms with Crippen LogP contribution in [0.4, 0.5) is 0 Å². The molecular formula is C13H19NO3S. The quantitative estimate of drug-likeness (QED) is 0.847. The van der Waals surface area contributed by atoms with Crippen molar-refractivity contribution in [2.75, 3.05) is 18.8 Å². The van der Waals surface area contributed by atoms with Crippen LogP contribution in [0.1, 0.15) is 18.4 Å². The van der Waals surface area contributed by atoms with Crippen molar-refractivity contribution in [2.45, 2.75) is 19.4 Å². The van der Waals surface area contributed by atoms with E-state index in [2.05, 4.69) is 17.0 Å². The van der Waals surface area contributed by atoms with E-state index in [-0.39, 0.29) is 11.7 Å². The first kappa shape index (κ1) is 13.5. The first-order valence-corrected chi connectivity index (χ1v) is 7.85. The summed E-state index contributed by atoms with van der Waals surface area (Å²) in [4.78, 5) is 2.33. The van der Waals surface area contributed by atoms with Crippen LogP contribution >= 0.6 is 0 Å². The van der Waals surface area contributed by atoms with Crippen LogP contribution in [0.15, 0.2) is 30.3 Å². The summed E-state index contributed by atoms with van der Waals surface area (Å²) in [5.74, 6) is 0.0126. The molecule has 1 aliphatic rings. The molecule has 1 saturated heterocycles. The smallest absolute Gasteiger partial charge is 0.265 e. The highest BCUT2D eigenvalue weighted by Crippen LogP contribution is 2.20. The van der Waals surface area contributed by atoms with Gasteiger partial charge in [0.2, 0.25) is 0 Å². The number of nitrogens with zero attached hydrogens (tertiary/aromatic N) is 1. The number of piperidine rings is 1. The third kappa shape index (κ3) is 4.40. The molecule has 1 fully saturated rings. The fourth-order valence-electron chi connectivity index (χ4n) is 2.45. The molecule has 1 aliphatic heterocycles. The summed E-state index contributed by atoms with van der Waals surface area (Å²) in [5.41, 5.74) is 1.28. The Morgan fingerprint density at radius 3 is 2.33 bits per heavy atom. The Morgan fingerprint density at radius 2 is 1.78 bits per heavy atom. The Bertz CT molecular complexity index is 464. The van der Waals surface area contributed by atoms with Gasteiger partial charge in [0.1, 0.15) is 0 Å². The van der Waals surface area contributed by atoms with Crippen molar-refractivity contribution in [2.24, 2.45) is 5.92 Å². The summed E-state index contributed by atoms with van der Waals surface area (Å²) in [6.07, 6.45) is 1.68. The SMILES string of the molecule is O=S(=O)(O)CC1CCN(Cc2ccccc2)CC1. The normalized spacial score (nSPS) is 18.9. The molecule has 0 bridgehead atoms. The second-order valence-corrected chi connectivity index (χ2v) is 6.45. The van der Waals surface area contributed by atoms with E-state index >= 15 is 0 Å². The molecule has 100 valence electrons. The molecule has 0 amide bonds. The number of hydrogen-bond acceptors (Lipinski definition) is 3. The van der Waals surface area contributed by atoms with Crippen molar-refractivity contribution in [3.63, 3.8) is 0 Å². The van der Waals surface area contributed by atoms with Crippen LogP contribution < -0.4 is 0 Å². The van der Waals surface area contributed by atoms with E-state index in [0.29, 0.717) is 0 Å². The lowest BCUT2D eigenvalue weighted by molar-refractivity contribution is 0.185. The van der Waals surface area contributed by atoms with Gasteiger partial charge < -0.3 is 0 Å². The maximum Gasteiger partial charge on any atom is 0.265 e. The summed E-state index contributed by atoms with van der Waals surface area (Å²) in [6, 6.07) is 10.3. The van der Waals surface area contributed by atoms with Crippen molar-refractivity contribution < 1.29 is 13.0 Å². The van der Waals surface area contributed by atoms with Gasteiger partial charge in [-0.3, -0.25) is 9.45 Å². The van der Waals surface area contributed by atoms with Gasteiger partial charge in [0, 0.05) is 6.54 Å². The standard InChI is InChI=1S/C13H19NO3S/c15-18(16,17)11-13-6-8-14(9-7-13)10-12-4-2-1-3-5-12/h1-5,13H,6-11H2,(H,15,16,17). The third-order valence-corrected chi connectivity index (χ3v) is 4.30. The van der Waals surface area contributed by atoms with Crippen LogP contribution in [0, 0.1) is 5.92 Å². The predicted molar refractivity (Wildman–Crippen MR) is 70.9 cm³/mol. The topological polar surface area (TPSA) is 57.6 Å². The Kier molecular flexibility index (Phi) is 4.37. The largest absolute Gasteiger partial charge is 0.299 e. The third-order valence-electron chi connectivity index (χ3n) is 3.40. The molecule has 0 unspecified atom stereocenters. The van der Waals surface area contributed by atoms with Gasteiger partial charge in [0.05, 0.1) is 5.75 Å². The average molecular weight is 269 g/mol. The summed E-state index contributed by atoms with van der Waals surface area (Å²) >= 11 is 0. The van der Waals surface area contributed by atoms with E-state index in [0.717, 1.165) is 32.5 Å². The highest BCUT2D eigenvalue weighted by molar-refractivity contribution is 7.85. The van der Waals surface area contributed by atoms with Crippen molar-refractivity contribution >= 4 is 10.1 Å². The summed E-state index contributed by atoms with van der Waals surface area (Å²) < 4.78 is 30.5. The van der Waals surface area contributed by atoms with E-state index in [4.69, 9.17) is 4.55 Å². The minimum atomic E-state index is -3.82. The molecular weight excluding hydrogens is 250 g/mol. The zero-order valence-corrected chi connectivity index (χ0v) is 11.1. The molecule has 0 aliphatic carbocycles. The number of benzene rings is 1. The predicted octanol–water partition coefficient (Wildman–Crippen LogP) is 1.79. The molecule has 0 saturated carbocycles. The van der Waals surface area contributed by atoms with E-state index in [9.17, 15) is 8.42 Å². The molecule has 0 aromatic heterocycles. The van der Waals surface area contributed by atoms with Gasteiger partial charge in [0.25, 0.3) is 10.1 Å². The highest BCUT2D eigenvalue weighted by atomic mass is 32.2. The second-order valence-electron chi connectivity index (χ2n) is 4.95. The lowest BCUT2D eigenvalue weighted by Crippen LogP contribution is -2.35. The van der Waals surface area contributed by atoms with E-state index in [1.807, 2.05) is 18.2 Å². The summed E-state index contributed by atoms with van der Waals surface area (Å²) in [6.45, 7) is 2.71. The number of likely N-dealkylation sites (tertiary alicyclic amines) is 1. The minimum absolute atomic E-state index is 0.0911. The molecule has 0 atom stereocenters. The Morgan fingerprint density at radius 1 is 1.17 bits per heavy atom. The van der Waals surface area contributed by atoms with Crippen LogP contribution in [-0.2, 0) is 16.7 Å². The lowest BCUT2D eigenvalue weighted by Gasteiger charge is -2.31. The molecule has 1 aromatic carbocycles. The molecule has 1 heterocycles. The average Bonchev–Trinajstić information content (AvgIpc) is 2.31. The van der Waals surface area contributed by atoms with E-state index in [1.54, 1.807) is 0 Å². The fourth-order valence-corrected chi connectivity index (χ4v) is 3.38. The van der Waals surface area contributed by atoms with Gasteiger partial charge >= 0.3 is 0 Å². The fraction of sp³-hybridized carbons (Fsp3) is 0.538. The molecule has 5 heteroatoms. The van der Waals surface area contributed by atoms with Crippen LogP contribution in [0.2, 0.25) is 0 Å².